The van der Waals surface area contributed by atoms with Crippen LogP contribution in [0.15, 0.2) is 59.2 Å². The molecule has 4 rings (SSSR count). The Kier molecular flexibility index (Phi) is 5.99. The lowest BCUT2D eigenvalue weighted by Gasteiger charge is -2.25. The summed E-state index contributed by atoms with van der Waals surface area (Å²) in [6, 6.07) is 16.0. The van der Waals surface area contributed by atoms with Crippen LogP contribution in [0.1, 0.15) is 41.4 Å². The van der Waals surface area contributed by atoms with Crippen LogP contribution in [0.2, 0.25) is 0 Å². The molecule has 0 fully saturated rings. The lowest BCUT2D eigenvalue weighted by molar-refractivity contribution is 0.0945. The molecule has 156 valence electrons. The summed E-state index contributed by atoms with van der Waals surface area (Å²) in [5.41, 5.74) is 2.43. The summed E-state index contributed by atoms with van der Waals surface area (Å²) in [5, 5.41) is 2.87. The molecule has 1 amide bonds. The number of benzene rings is 2. The fourth-order valence-corrected chi connectivity index (χ4v) is 3.23. The maximum Gasteiger partial charge on any atom is 0.273 e. The molecule has 1 N–H and O–H groups in total. The van der Waals surface area contributed by atoms with Crippen molar-refractivity contribution in [3.8, 4) is 11.5 Å². The first kappa shape index (κ1) is 20.0. The Morgan fingerprint density at radius 3 is 2.67 bits per heavy atom. The van der Waals surface area contributed by atoms with Gasteiger partial charge in [-0.1, -0.05) is 36.4 Å². The Morgan fingerprint density at radius 1 is 1.07 bits per heavy atom. The predicted molar refractivity (Wildman–Crippen MR) is 111 cm³/mol. The molecule has 1 aromatic heterocycles. The van der Waals surface area contributed by atoms with Gasteiger partial charge in [0, 0.05) is 19.1 Å². The third-order valence-corrected chi connectivity index (χ3v) is 4.97. The Morgan fingerprint density at radius 2 is 1.87 bits per heavy atom. The fraction of sp³-hybridized carbons (Fsp3) is 0.304. The topological polar surface area (TPSA) is 76.8 Å². The van der Waals surface area contributed by atoms with Crippen LogP contribution in [0, 0.1) is 0 Å². The zero-order chi connectivity index (χ0) is 20.9. The lowest BCUT2D eigenvalue weighted by atomic mass is 10.1. The number of fused-ring (bicyclic) bond motifs is 1. The summed E-state index contributed by atoms with van der Waals surface area (Å²) >= 11 is 0. The number of aromatic nitrogens is 1. The number of rotatable bonds is 8. The van der Waals surface area contributed by atoms with Gasteiger partial charge in [-0.15, -0.1) is 0 Å². The van der Waals surface area contributed by atoms with E-state index in [0.29, 0.717) is 25.5 Å². The number of amides is 1. The highest BCUT2D eigenvalue weighted by atomic mass is 16.7. The van der Waals surface area contributed by atoms with Crippen LogP contribution in [0.4, 0.5) is 0 Å². The molecule has 0 saturated carbocycles. The van der Waals surface area contributed by atoms with Crippen LogP contribution in [0.3, 0.4) is 0 Å². The monoisotopic (exact) mass is 407 g/mol. The zero-order valence-corrected chi connectivity index (χ0v) is 17.1. The third-order valence-electron chi connectivity index (χ3n) is 4.97. The first-order chi connectivity index (χ1) is 14.6. The Hall–Kier alpha value is -3.32. The van der Waals surface area contributed by atoms with Gasteiger partial charge in [0.15, 0.2) is 17.2 Å². The normalized spacial score (nSPS) is 12.5. The van der Waals surface area contributed by atoms with Gasteiger partial charge in [-0.05, 0) is 37.1 Å². The summed E-state index contributed by atoms with van der Waals surface area (Å²) in [6.07, 6.45) is 1.41. The molecule has 2 heterocycles. The molecular formula is C23H25N3O4. The minimum absolute atomic E-state index is 0.249. The number of hydrogen-bond donors (Lipinski definition) is 1. The van der Waals surface area contributed by atoms with Crippen LogP contribution < -0.4 is 14.8 Å². The molecule has 0 unspecified atom stereocenters. The number of carbonyl (C=O) groups is 1. The highest BCUT2D eigenvalue weighted by molar-refractivity contribution is 5.91. The molecule has 0 aliphatic carbocycles. The van der Waals surface area contributed by atoms with Crippen LogP contribution >= 0.6 is 0 Å². The van der Waals surface area contributed by atoms with Gasteiger partial charge >= 0.3 is 0 Å². The van der Waals surface area contributed by atoms with Crippen LogP contribution in [0.25, 0.3) is 0 Å². The van der Waals surface area contributed by atoms with Crippen molar-refractivity contribution in [2.24, 2.45) is 0 Å². The van der Waals surface area contributed by atoms with Gasteiger partial charge in [0.05, 0.1) is 6.54 Å². The number of hydrogen-bond acceptors (Lipinski definition) is 6. The smallest absolute Gasteiger partial charge is 0.273 e. The van der Waals surface area contributed by atoms with Crippen molar-refractivity contribution in [2.45, 2.75) is 39.5 Å². The molecule has 30 heavy (non-hydrogen) atoms. The van der Waals surface area contributed by atoms with Crippen molar-refractivity contribution in [3.05, 3.63) is 77.5 Å². The number of carbonyl (C=O) groups excluding carboxylic acids is 1. The molecule has 3 aromatic rings. The summed E-state index contributed by atoms with van der Waals surface area (Å²) in [6.45, 7) is 6.14. The minimum Gasteiger partial charge on any atom is -0.454 e. The highest BCUT2D eigenvalue weighted by Gasteiger charge is 2.19. The molecule has 7 heteroatoms. The largest absolute Gasteiger partial charge is 0.454 e. The van der Waals surface area contributed by atoms with E-state index >= 15 is 0 Å². The average Bonchev–Trinajstić information content (AvgIpc) is 3.41. The zero-order valence-electron chi connectivity index (χ0n) is 17.1. The highest BCUT2D eigenvalue weighted by Crippen LogP contribution is 2.33. The van der Waals surface area contributed by atoms with E-state index in [1.165, 1.54) is 6.26 Å². The van der Waals surface area contributed by atoms with Gasteiger partial charge in [0.1, 0.15) is 6.26 Å². The second-order valence-corrected chi connectivity index (χ2v) is 7.48. The van der Waals surface area contributed by atoms with Crippen molar-refractivity contribution in [1.82, 2.24) is 15.2 Å². The molecule has 0 bridgehead atoms. The molecule has 1 aliphatic heterocycles. The van der Waals surface area contributed by atoms with E-state index < -0.39 is 0 Å². The lowest BCUT2D eigenvalue weighted by Crippen LogP contribution is -2.30. The van der Waals surface area contributed by atoms with Gasteiger partial charge in [0.2, 0.25) is 12.7 Å². The SMILES string of the molecule is CC(C)N(Cc1ccc2c(c1)OCO2)Cc1nc(C(=O)NCc2ccccc2)co1. The average molecular weight is 407 g/mol. The number of nitrogens with zero attached hydrogens (tertiary/aromatic N) is 2. The van der Waals surface area contributed by atoms with Crippen LogP contribution in [-0.2, 0) is 19.6 Å². The minimum atomic E-state index is -0.249. The molecule has 0 atom stereocenters. The van der Waals surface area contributed by atoms with E-state index in [1.54, 1.807) is 0 Å². The van der Waals surface area contributed by atoms with Gasteiger partial charge < -0.3 is 19.2 Å². The molecule has 1 aliphatic rings. The Labute approximate surface area is 175 Å². The first-order valence-electron chi connectivity index (χ1n) is 9.97. The number of ether oxygens (including phenoxy) is 2. The summed E-state index contributed by atoms with van der Waals surface area (Å²) < 4.78 is 16.4. The number of oxazole rings is 1. The molecule has 7 nitrogen and oxygen atoms in total. The van der Waals surface area contributed by atoms with Crippen molar-refractivity contribution in [3.63, 3.8) is 0 Å². The maximum atomic E-state index is 12.4. The van der Waals surface area contributed by atoms with E-state index in [-0.39, 0.29) is 24.4 Å². The standard InChI is InChI=1S/C23H25N3O4/c1-16(2)26(12-18-8-9-20-21(10-18)30-15-29-20)13-22-25-19(14-28-22)23(27)24-11-17-6-4-3-5-7-17/h3-10,14,16H,11-13,15H2,1-2H3,(H,24,27). The van der Waals surface area contributed by atoms with Crippen LogP contribution in [0.5, 0.6) is 11.5 Å². The van der Waals surface area contributed by atoms with Crippen molar-refractivity contribution in [1.29, 1.82) is 0 Å². The first-order valence-corrected chi connectivity index (χ1v) is 9.97. The molecule has 0 spiro atoms. The van der Waals surface area contributed by atoms with Crippen molar-refractivity contribution < 1.29 is 18.7 Å². The molecule has 0 radical (unpaired) electrons. The van der Waals surface area contributed by atoms with Crippen LogP contribution in [-0.4, -0.2) is 28.6 Å². The van der Waals surface area contributed by atoms with E-state index in [9.17, 15) is 4.79 Å². The van der Waals surface area contributed by atoms with Gasteiger partial charge in [-0.2, -0.15) is 0 Å². The Balaban J connectivity index is 1.37. The van der Waals surface area contributed by atoms with Gasteiger partial charge in [-0.3, -0.25) is 9.69 Å². The number of nitrogens with one attached hydrogen (secondary N) is 1. The van der Waals surface area contributed by atoms with E-state index in [2.05, 4.69) is 29.0 Å². The quantitative estimate of drug-likeness (QED) is 0.613. The third kappa shape index (κ3) is 4.80. The summed E-state index contributed by atoms with van der Waals surface area (Å²) in [4.78, 5) is 19.0. The van der Waals surface area contributed by atoms with E-state index in [1.807, 2.05) is 48.5 Å². The fourth-order valence-electron chi connectivity index (χ4n) is 3.23. The van der Waals surface area contributed by atoms with Crippen molar-refractivity contribution >= 4 is 5.91 Å². The Bertz CT molecular complexity index is 1000. The van der Waals surface area contributed by atoms with E-state index in [4.69, 9.17) is 13.9 Å². The maximum absolute atomic E-state index is 12.4. The summed E-state index contributed by atoms with van der Waals surface area (Å²) in [7, 11) is 0. The second-order valence-electron chi connectivity index (χ2n) is 7.48. The van der Waals surface area contributed by atoms with Gasteiger partial charge in [-0.25, -0.2) is 4.98 Å². The predicted octanol–water partition coefficient (Wildman–Crippen LogP) is 3.74. The van der Waals surface area contributed by atoms with Crippen molar-refractivity contribution in [2.75, 3.05) is 6.79 Å². The van der Waals surface area contributed by atoms with E-state index in [0.717, 1.165) is 22.6 Å². The van der Waals surface area contributed by atoms with Gasteiger partial charge in [0.25, 0.3) is 5.91 Å². The molecule has 2 aromatic carbocycles. The summed E-state index contributed by atoms with van der Waals surface area (Å²) in [5.74, 6) is 1.80. The molecular weight excluding hydrogens is 382 g/mol. The molecule has 0 saturated heterocycles. The second kappa shape index (κ2) is 9.00.